The van der Waals surface area contributed by atoms with E-state index < -0.39 is 17.7 Å². The zero-order valence-electron chi connectivity index (χ0n) is 15.2. The predicted octanol–water partition coefficient (Wildman–Crippen LogP) is 4.67. The molecule has 28 heavy (non-hydrogen) atoms. The van der Waals surface area contributed by atoms with E-state index in [0.717, 1.165) is 10.8 Å². The molecule has 0 aliphatic carbocycles. The lowest BCUT2D eigenvalue weighted by Gasteiger charge is -2.15. The molecule has 0 saturated carbocycles. The summed E-state index contributed by atoms with van der Waals surface area (Å²) in [7, 11) is 0. The number of carbonyl (C=O) groups excluding carboxylic acids is 3. The van der Waals surface area contributed by atoms with E-state index >= 15 is 0 Å². The van der Waals surface area contributed by atoms with Crippen LogP contribution in [0.15, 0.2) is 66.7 Å². The second-order valence-corrected chi connectivity index (χ2v) is 6.87. The number of halogens is 1. The average Bonchev–Trinajstić information content (AvgIpc) is 2.68. The van der Waals surface area contributed by atoms with Crippen molar-refractivity contribution >= 4 is 51.3 Å². The van der Waals surface area contributed by atoms with Crippen LogP contribution in [-0.2, 0) is 14.4 Å². The van der Waals surface area contributed by atoms with Crippen LogP contribution in [0.2, 0.25) is 5.02 Å². The number of rotatable bonds is 6. The maximum Gasteiger partial charge on any atom is 0.235 e. The SMILES string of the molecule is CC(=O)C(CC(=O)Nc1ccc(Cl)cc1)C(=O)Nc1cccc2ccccc12. The maximum atomic E-state index is 12.7. The number of hydrogen-bond donors (Lipinski definition) is 2. The molecule has 142 valence electrons. The number of Topliss-reactive ketones (excluding diaryl/α,β-unsaturated/α-hetero) is 1. The molecular weight excluding hydrogens is 376 g/mol. The fourth-order valence-electron chi connectivity index (χ4n) is 2.91. The molecule has 1 atom stereocenters. The van der Waals surface area contributed by atoms with E-state index in [1.807, 2.05) is 36.4 Å². The van der Waals surface area contributed by atoms with Gasteiger partial charge in [0.2, 0.25) is 11.8 Å². The van der Waals surface area contributed by atoms with E-state index in [0.29, 0.717) is 16.4 Å². The summed E-state index contributed by atoms with van der Waals surface area (Å²) in [4.78, 5) is 37.0. The Hall–Kier alpha value is -3.18. The number of hydrogen-bond acceptors (Lipinski definition) is 3. The number of anilines is 2. The normalized spacial score (nSPS) is 11.6. The van der Waals surface area contributed by atoms with Gasteiger partial charge in [0.25, 0.3) is 0 Å². The molecule has 1 unspecified atom stereocenters. The van der Waals surface area contributed by atoms with Gasteiger partial charge in [-0.15, -0.1) is 0 Å². The van der Waals surface area contributed by atoms with Crippen LogP contribution in [-0.4, -0.2) is 17.6 Å². The first-order valence-corrected chi connectivity index (χ1v) is 9.16. The van der Waals surface area contributed by atoms with Crippen LogP contribution < -0.4 is 10.6 Å². The summed E-state index contributed by atoms with van der Waals surface area (Å²) in [5.74, 6) is -2.37. The highest BCUT2D eigenvalue weighted by Gasteiger charge is 2.26. The van der Waals surface area contributed by atoms with E-state index in [-0.39, 0.29) is 12.2 Å². The standard InChI is InChI=1S/C22H19ClN2O3/c1-14(26)19(13-21(27)24-17-11-9-16(23)10-12-17)22(28)25-20-8-4-6-15-5-2-3-7-18(15)20/h2-12,19H,13H2,1H3,(H,24,27)(H,25,28). The Morgan fingerprint density at radius 1 is 0.893 bits per heavy atom. The molecule has 3 rings (SSSR count). The summed E-state index contributed by atoms with van der Waals surface area (Å²) in [6, 6.07) is 19.7. The van der Waals surface area contributed by atoms with Gasteiger partial charge in [0.05, 0.1) is 0 Å². The lowest BCUT2D eigenvalue weighted by molar-refractivity contribution is -0.133. The van der Waals surface area contributed by atoms with E-state index in [4.69, 9.17) is 11.6 Å². The first-order valence-electron chi connectivity index (χ1n) is 8.78. The lowest BCUT2D eigenvalue weighted by Crippen LogP contribution is -2.32. The van der Waals surface area contributed by atoms with Gasteiger partial charge in [-0.2, -0.15) is 0 Å². The van der Waals surface area contributed by atoms with Crippen LogP contribution >= 0.6 is 11.6 Å². The number of nitrogens with one attached hydrogen (secondary N) is 2. The van der Waals surface area contributed by atoms with Gasteiger partial charge >= 0.3 is 0 Å². The predicted molar refractivity (Wildman–Crippen MR) is 111 cm³/mol. The summed E-state index contributed by atoms with van der Waals surface area (Å²) in [6.07, 6.45) is -0.242. The van der Waals surface area contributed by atoms with Crippen LogP contribution in [0.25, 0.3) is 10.8 Å². The largest absolute Gasteiger partial charge is 0.326 e. The molecule has 0 spiro atoms. The second-order valence-electron chi connectivity index (χ2n) is 6.44. The smallest absolute Gasteiger partial charge is 0.235 e. The lowest BCUT2D eigenvalue weighted by atomic mass is 9.99. The number of amides is 2. The molecule has 0 aromatic heterocycles. The van der Waals surface area contributed by atoms with Crippen molar-refractivity contribution in [2.24, 2.45) is 5.92 Å². The molecule has 0 aliphatic heterocycles. The molecule has 3 aromatic rings. The molecule has 2 N–H and O–H groups in total. The van der Waals surface area contributed by atoms with Crippen molar-refractivity contribution in [2.75, 3.05) is 10.6 Å². The van der Waals surface area contributed by atoms with Gasteiger partial charge in [-0.25, -0.2) is 0 Å². The Balaban J connectivity index is 1.72. The van der Waals surface area contributed by atoms with Crippen molar-refractivity contribution in [1.29, 1.82) is 0 Å². The van der Waals surface area contributed by atoms with Gasteiger partial charge in [0.1, 0.15) is 11.7 Å². The highest BCUT2D eigenvalue weighted by molar-refractivity contribution is 6.30. The van der Waals surface area contributed by atoms with Gasteiger partial charge in [-0.1, -0.05) is 48.0 Å². The minimum atomic E-state index is -1.08. The van der Waals surface area contributed by atoms with E-state index in [9.17, 15) is 14.4 Å². The fourth-order valence-corrected chi connectivity index (χ4v) is 3.03. The quantitative estimate of drug-likeness (QED) is 0.597. The van der Waals surface area contributed by atoms with Gasteiger partial charge in [0, 0.05) is 28.2 Å². The summed E-state index contributed by atoms with van der Waals surface area (Å²) >= 11 is 5.82. The first-order chi connectivity index (χ1) is 13.4. The monoisotopic (exact) mass is 394 g/mol. The van der Waals surface area contributed by atoms with Gasteiger partial charge < -0.3 is 10.6 Å². The topological polar surface area (TPSA) is 75.3 Å². The summed E-state index contributed by atoms with van der Waals surface area (Å²) in [5.41, 5.74) is 1.15. The fraction of sp³-hybridized carbons (Fsp3) is 0.136. The van der Waals surface area contributed by atoms with E-state index in [1.54, 1.807) is 30.3 Å². The second kappa shape index (κ2) is 8.67. The van der Waals surface area contributed by atoms with Crippen LogP contribution in [0.4, 0.5) is 11.4 Å². The van der Waals surface area contributed by atoms with Gasteiger partial charge in [-0.05, 0) is 42.6 Å². The molecule has 6 heteroatoms. The minimum absolute atomic E-state index is 0.242. The van der Waals surface area contributed by atoms with Crippen LogP contribution in [0, 0.1) is 5.92 Å². The summed E-state index contributed by atoms with van der Waals surface area (Å²) in [5, 5.41) is 7.85. The van der Waals surface area contributed by atoms with Crippen molar-refractivity contribution < 1.29 is 14.4 Å². The molecular formula is C22H19ClN2O3. The third-order valence-corrected chi connectivity index (χ3v) is 4.62. The van der Waals surface area contributed by atoms with Gasteiger partial charge in [0.15, 0.2) is 0 Å². The third-order valence-electron chi connectivity index (χ3n) is 4.37. The van der Waals surface area contributed by atoms with Crippen molar-refractivity contribution in [1.82, 2.24) is 0 Å². The molecule has 0 fully saturated rings. The minimum Gasteiger partial charge on any atom is -0.326 e. The molecule has 0 aliphatic rings. The zero-order chi connectivity index (χ0) is 20.1. The number of carbonyl (C=O) groups is 3. The molecule has 0 saturated heterocycles. The highest BCUT2D eigenvalue weighted by atomic mass is 35.5. The average molecular weight is 395 g/mol. The summed E-state index contributed by atoms with van der Waals surface area (Å²) in [6.45, 7) is 1.31. The Kier molecular flexibility index (Phi) is 6.06. The van der Waals surface area contributed by atoms with Crippen molar-refractivity contribution in [3.8, 4) is 0 Å². The number of fused-ring (bicyclic) bond motifs is 1. The van der Waals surface area contributed by atoms with Crippen LogP contribution in [0.1, 0.15) is 13.3 Å². The van der Waals surface area contributed by atoms with Crippen LogP contribution in [0.3, 0.4) is 0 Å². The molecule has 0 bridgehead atoms. The molecule has 2 amide bonds. The Morgan fingerprint density at radius 3 is 2.29 bits per heavy atom. The molecule has 5 nitrogen and oxygen atoms in total. The Bertz CT molecular complexity index is 1030. The summed E-state index contributed by atoms with van der Waals surface area (Å²) < 4.78 is 0. The number of ketones is 1. The Labute approximate surface area is 167 Å². The van der Waals surface area contributed by atoms with E-state index in [1.165, 1.54) is 6.92 Å². The van der Waals surface area contributed by atoms with E-state index in [2.05, 4.69) is 10.6 Å². The molecule has 3 aromatic carbocycles. The van der Waals surface area contributed by atoms with Crippen molar-refractivity contribution in [3.63, 3.8) is 0 Å². The Morgan fingerprint density at radius 2 is 1.57 bits per heavy atom. The maximum absolute atomic E-state index is 12.7. The first kappa shape index (κ1) is 19.6. The highest BCUT2D eigenvalue weighted by Crippen LogP contribution is 2.24. The zero-order valence-corrected chi connectivity index (χ0v) is 16.0. The number of benzene rings is 3. The molecule has 0 radical (unpaired) electrons. The van der Waals surface area contributed by atoms with Crippen molar-refractivity contribution in [3.05, 3.63) is 71.8 Å². The van der Waals surface area contributed by atoms with Crippen LogP contribution in [0.5, 0.6) is 0 Å². The third kappa shape index (κ3) is 4.75. The molecule has 0 heterocycles. The van der Waals surface area contributed by atoms with Gasteiger partial charge in [-0.3, -0.25) is 14.4 Å². The van der Waals surface area contributed by atoms with Crippen molar-refractivity contribution in [2.45, 2.75) is 13.3 Å².